The Morgan fingerprint density at radius 3 is 2.28 bits per heavy atom. The first-order chi connectivity index (χ1) is 8.32. The van der Waals surface area contributed by atoms with Crippen LogP contribution in [0.15, 0.2) is 41.0 Å². The van der Waals surface area contributed by atoms with E-state index in [1.165, 1.54) is 6.92 Å². The molecule has 6 heteroatoms. The Labute approximate surface area is 103 Å². The van der Waals surface area contributed by atoms with Gasteiger partial charge in [-0.15, -0.1) is 0 Å². The third-order valence-corrected chi connectivity index (χ3v) is 2.17. The molecule has 0 saturated heterocycles. The molecule has 0 aliphatic heterocycles. The maximum Gasteiger partial charge on any atom is 0.430 e. The Morgan fingerprint density at radius 2 is 1.83 bits per heavy atom. The molecule has 4 N–H and O–H groups in total. The van der Waals surface area contributed by atoms with Crippen LogP contribution >= 0.6 is 0 Å². The van der Waals surface area contributed by atoms with E-state index >= 15 is 0 Å². The maximum absolute atomic E-state index is 12.2. The second-order valence-electron chi connectivity index (χ2n) is 3.72. The summed E-state index contributed by atoms with van der Waals surface area (Å²) in [5.41, 5.74) is 10.8. The van der Waals surface area contributed by atoms with Crippen LogP contribution in [-0.4, -0.2) is 11.9 Å². The lowest BCUT2D eigenvalue weighted by atomic mass is 10.2. The second kappa shape index (κ2) is 5.68. The van der Waals surface area contributed by atoms with Gasteiger partial charge in [-0.2, -0.15) is 13.2 Å². The van der Waals surface area contributed by atoms with Crippen molar-refractivity contribution in [2.45, 2.75) is 19.6 Å². The molecular formula is C12H14F3N3. The van der Waals surface area contributed by atoms with Gasteiger partial charge in [-0.05, 0) is 30.7 Å². The largest absolute Gasteiger partial charge is 0.430 e. The summed E-state index contributed by atoms with van der Waals surface area (Å²) >= 11 is 0. The highest BCUT2D eigenvalue weighted by Gasteiger charge is 2.31. The van der Waals surface area contributed by atoms with Crippen molar-refractivity contribution in [3.05, 3.63) is 41.6 Å². The Kier molecular flexibility index (Phi) is 4.49. The monoisotopic (exact) mass is 257 g/mol. The molecule has 0 saturated carbocycles. The summed E-state index contributed by atoms with van der Waals surface area (Å²) in [6, 6.07) is 6.90. The van der Waals surface area contributed by atoms with Gasteiger partial charge in [0, 0.05) is 12.3 Å². The molecule has 0 fully saturated rings. The zero-order valence-electron chi connectivity index (χ0n) is 9.83. The van der Waals surface area contributed by atoms with Gasteiger partial charge in [0.1, 0.15) is 5.70 Å². The normalized spacial score (nSPS) is 13.8. The predicted molar refractivity (Wildman–Crippen MR) is 65.4 cm³/mol. The number of hydrogen-bond acceptors (Lipinski definition) is 3. The molecule has 0 atom stereocenters. The highest BCUT2D eigenvalue weighted by atomic mass is 19.4. The van der Waals surface area contributed by atoms with Gasteiger partial charge in [0.05, 0.1) is 5.69 Å². The van der Waals surface area contributed by atoms with Crippen molar-refractivity contribution < 1.29 is 13.2 Å². The fourth-order valence-electron chi connectivity index (χ4n) is 1.25. The van der Waals surface area contributed by atoms with E-state index in [0.29, 0.717) is 12.2 Å². The first-order valence-corrected chi connectivity index (χ1v) is 5.21. The quantitative estimate of drug-likeness (QED) is 0.817. The Bertz CT molecular complexity index is 458. The van der Waals surface area contributed by atoms with Crippen molar-refractivity contribution >= 4 is 11.4 Å². The molecule has 1 aromatic carbocycles. The number of benzene rings is 1. The van der Waals surface area contributed by atoms with E-state index in [-0.39, 0.29) is 5.71 Å². The van der Waals surface area contributed by atoms with Crippen molar-refractivity contribution in [1.29, 1.82) is 0 Å². The lowest BCUT2D eigenvalue weighted by Crippen LogP contribution is -2.20. The van der Waals surface area contributed by atoms with Crippen LogP contribution in [0.3, 0.4) is 0 Å². The number of nitrogens with zero attached hydrogens (tertiary/aromatic N) is 1. The Balaban J connectivity index is 2.89. The summed E-state index contributed by atoms with van der Waals surface area (Å²) in [5.74, 6) is 0. The standard InChI is InChI=1S/C12H14F3N3/c1-8(6-11(17)12(13,14)15)18-10-4-2-9(7-16)3-5-10/h2-6H,7,16-17H2,1H3. The lowest BCUT2D eigenvalue weighted by molar-refractivity contribution is -0.0925. The molecular weight excluding hydrogens is 243 g/mol. The van der Waals surface area contributed by atoms with Crippen LogP contribution in [0, 0.1) is 0 Å². The van der Waals surface area contributed by atoms with Crippen molar-refractivity contribution in [2.75, 3.05) is 0 Å². The average molecular weight is 257 g/mol. The number of alkyl halides is 3. The molecule has 0 amide bonds. The highest BCUT2D eigenvalue weighted by molar-refractivity contribution is 5.95. The van der Waals surface area contributed by atoms with E-state index in [9.17, 15) is 13.2 Å². The topological polar surface area (TPSA) is 64.4 Å². The van der Waals surface area contributed by atoms with Crippen LogP contribution in [0.25, 0.3) is 0 Å². The first-order valence-electron chi connectivity index (χ1n) is 5.21. The van der Waals surface area contributed by atoms with E-state index in [0.717, 1.165) is 11.6 Å². The fraction of sp³-hybridized carbons (Fsp3) is 0.250. The van der Waals surface area contributed by atoms with E-state index in [1.807, 2.05) is 0 Å². The van der Waals surface area contributed by atoms with Gasteiger partial charge >= 0.3 is 6.18 Å². The van der Waals surface area contributed by atoms with Gasteiger partial charge in [0.25, 0.3) is 0 Å². The number of rotatable bonds is 3. The van der Waals surface area contributed by atoms with Crippen molar-refractivity contribution in [1.82, 2.24) is 0 Å². The summed E-state index contributed by atoms with van der Waals surface area (Å²) in [6.45, 7) is 1.86. The highest BCUT2D eigenvalue weighted by Crippen LogP contribution is 2.21. The van der Waals surface area contributed by atoms with Crippen LogP contribution < -0.4 is 11.5 Å². The molecule has 0 aliphatic carbocycles. The maximum atomic E-state index is 12.2. The molecule has 0 aliphatic rings. The number of halogens is 3. The van der Waals surface area contributed by atoms with Crippen molar-refractivity contribution in [3.8, 4) is 0 Å². The zero-order valence-corrected chi connectivity index (χ0v) is 9.83. The van der Waals surface area contributed by atoms with Gasteiger partial charge in [0.2, 0.25) is 0 Å². The van der Waals surface area contributed by atoms with Crippen LogP contribution in [0.5, 0.6) is 0 Å². The molecule has 1 rings (SSSR count). The summed E-state index contributed by atoms with van der Waals surface area (Å²) in [4.78, 5) is 4.01. The van der Waals surface area contributed by atoms with Gasteiger partial charge in [0.15, 0.2) is 0 Å². The van der Waals surface area contributed by atoms with Crippen LogP contribution in [0.4, 0.5) is 18.9 Å². The third kappa shape index (κ3) is 4.21. The number of allylic oxidation sites excluding steroid dienone is 2. The average Bonchev–Trinajstić information content (AvgIpc) is 2.28. The molecule has 18 heavy (non-hydrogen) atoms. The molecule has 0 aromatic heterocycles. The SMILES string of the molecule is CC(C=C(N)C(F)(F)F)=Nc1ccc(CN)cc1. The minimum atomic E-state index is -4.53. The third-order valence-electron chi connectivity index (χ3n) is 2.17. The van der Waals surface area contributed by atoms with E-state index < -0.39 is 11.9 Å². The van der Waals surface area contributed by atoms with E-state index in [4.69, 9.17) is 11.5 Å². The molecule has 0 radical (unpaired) electrons. The smallest absolute Gasteiger partial charge is 0.395 e. The molecule has 0 unspecified atom stereocenters. The fourth-order valence-corrected chi connectivity index (χ4v) is 1.25. The van der Waals surface area contributed by atoms with E-state index in [1.54, 1.807) is 24.3 Å². The van der Waals surface area contributed by atoms with Gasteiger partial charge in [-0.25, -0.2) is 0 Å². The number of hydrogen-bond donors (Lipinski definition) is 2. The Hall–Kier alpha value is -1.82. The second-order valence-corrected chi connectivity index (χ2v) is 3.72. The van der Waals surface area contributed by atoms with Crippen molar-refractivity contribution in [2.24, 2.45) is 16.5 Å². The van der Waals surface area contributed by atoms with E-state index in [2.05, 4.69) is 4.99 Å². The van der Waals surface area contributed by atoms with Crippen LogP contribution in [0.2, 0.25) is 0 Å². The van der Waals surface area contributed by atoms with Gasteiger partial charge in [-0.1, -0.05) is 12.1 Å². The summed E-state index contributed by atoms with van der Waals surface area (Å²) < 4.78 is 36.6. The minimum absolute atomic E-state index is 0.185. The van der Waals surface area contributed by atoms with Crippen LogP contribution in [-0.2, 0) is 6.54 Å². The zero-order chi connectivity index (χ0) is 13.8. The summed E-state index contributed by atoms with van der Waals surface area (Å²) in [5, 5.41) is 0. The van der Waals surface area contributed by atoms with Crippen molar-refractivity contribution in [3.63, 3.8) is 0 Å². The summed E-state index contributed by atoms with van der Waals surface area (Å²) in [6.07, 6.45) is -3.73. The molecule has 3 nitrogen and oxygen atoms in total. The number of nitrogens with two attached hydrogens (primary N) is 2. The van der Waals surface area contributed by atoms with Crippen LogP contribution in [0.1, 0.15) is 12.5 Å². The predicted octanol–water partition coefficient (Wildman–Crippen LogP) is 2.64. The Morgan fingerprint density at radius 1 is 1.28 bits per heavy atom. The lowest BCUT2D eigenvalue weighted by Gasteiger charge is -2.05. The number of aliphatic imine (C=N–C) groups is 1. The molecule has 0 spiro atoms. The molecule has 0 heterocycles. The summed E-state index contributed by atoms with van der Waals surface area (Å²) in [7, 11) is 0. The van der Waals surface area contributed by atoms with Gasteiger partial charge in [-0.3, -0.25) is 4.99 Å². The minimum Gasteiger partial charge on any atom is -0.395 e. The molecule has 1 aromatic rings. The van der Waals surface area contributed by atoms with Gasteiger partial charge < -0.3 is 11.5 Å². The molecule has 98 valence electrons. The molecule has 0 bridgehead atoms. The first kappa shape index (κ1) is 14.2.